The molecule has 0 bridgehead atoms. The summed E-state index contributed by atoms with van der Waals surface area (Å²) < 4.78 is 1.72. The first-order chi connectivity index (χ1) is 10.0. The number of hydrogen-bond acceptors (Lipinski definition) is 2. The van der Waals surface area contributed by atoms with Gasteiger partial charge in [-0.2, -0.15) is 0 Å². The number of rotatable bonds is 2. The first-order valence-electron chi connectivity index (χ1n) is 7.05. The minimum absolute atomic E-state index is 0.0140. The fourth-order valence-electron chi connectivity index (χ4n) is 2.43. The summed E-state index contributed by atoms with van der Waals surface area (Å²) in [5, 5.41) is 0. The fourth-order valence-corrected chi connectivity index (χ4v) is 3.64. The van der Waals surface area contributed by atoms with Crippen molar-refractivity contribution in [2.75, 3.05) is 26.2 Å². The van der Waals surface area contributed by atoms with E-state index in [-0.39, 0.29) is 11.8 Å². The Bertz CT molecular complexity index is 548. The number of nitrogens with zero attached hydrogens (tertiary/aromatic N) is 2. The van der Waals surface area contributed by atoms with Crippen molar-refractivity contribution in [3.05, 3.63) is 32.7 Å². The topological polar surface area (TPSA) is 40.6 Å². The molecule has 0 spiro atoms. The van der Waals surface area contributed by atoms with Crippen molar-refractivity contribution in [3.8, 4) is 0 Å². The monoisotopic (exact) mass is 416 g/mol. The van der Waals surface area contributed by atoms with Crippen LogP contribution in [0.15, 0.2) is 27.1 Å². The second-order valence-corrected chi connectivity index (χ2v) is 6.77. The second-order valence-electron chi connectivity index (χ2n) is 5.00. The van der Waals surface area contributed by atoms with Crippen LogP contribution in [0.3, 0.4) is 0 Å². The van der Waals surface area contributed by atoms with Gasteiger partial charge in [-0.25, -0.2) is 0 Å². The number of benzene rings is 1. The average Bonchev–Trinajstić information content (AvgIpc) is 2.71. The SMILES string of the molecule is CCC(=O)N1CCCN(C(=O)c2ccc(Br)cc2Br)CC1. The molecule has 0 aromatic heterocycles. The summed E-state index contributed by atoms with van der Waals surface area (Å²) in [6, 6.07) is 5.55. The van der Waals surface area contributed by atoms with E-state index < -0.39 is 0 Å². The van der Waals surface area contributed by atoms with Crippen molar-refractivity contribution in [1.82, 2.24) is 9.80 Å². The van der Waals surface area contributed by atoms with E-state index in [1.165, 1.54) is 0 Å². The van der Waals surface area contributed by atoms with Gasteiger partial charge in [0.05, 0.1) is 5.56 Å². The van der Waals surface area contributed by atoms with Gasteiger partial charge >= 0.3 is 0 Å². The van der Waals surface area contributed by atoms with E-state index in [4.69, 9.17) is 0 Å². The van der Waals surface area contributed by atoms with E-state index in [0.717, 1.165) is 21.9 Å². The summed E-state index contributed by atoms with van der Waals surface area (Å²) in [6.45, 7) is 4.50. The molecule has 4 nitrogen and oxygen atoms in total. The molecule has 0 saturated carbocycles. The van der Waals surface area contributed by atoms with E-state index in [9.17, 15) is 9.59 Å². The molecule has 1 aliphatic rings. The molecular formula is C15H18Br2N2O2. The maximum atomic E-state index is 12.6. The first kappa shape index (κ1) is 16.5. The third-order valence-corrected chi connectivity index (χ3v) is 4.75. The van der Waals surface area contributed by atoms with Crippen LogP contribution in [0.4, 0.5) is 0 Å². The highest BCUT2D eigenvalue weighted by atomic mass is 79.9. The van der Waals surface area contributed by atoms with Crippen LogP contribution in [0.25, 0.3) is 0 Å². The van der Waals surface area contributed by atoms with Gasteiger partial charge in [0.1, 0.15) is 0 Å². The molecule has 114 valence electrons. The van der Waals surface area contributed by atoms with Crippen molar-refractivity contribution >= 4 is 43.7 Å². The predicted octanol–water partition coefficient (Wildman–Crippen LogP) is 3.30. The molecule has 0 unspecified atom stereocenters. The molecule has 0 atom stereocenters. The van der Waals surface area contributed by atoms with Gasteiger partial charge in [-0.15, -0.1) is 0 Å². The van der Waals surface area contributed by atoms with Crippen LogP contribution < -0.4 is 0 Å². The highest BCUT2D eigenvalue weighted by molar-refractivity contribution is 9.11. The van der Waals surface area contributed by atoms with Crippen LogP contribution in [0.1, 0.15) is 30.1 Å². The van der Waals surface area contributed by atoms with Crippen LogP contribution in [-0.2, 0) is 4.79 Å². The lowest BCUT2D eigenvalue weighted by Crippen LogP contribution is -2.37. The van der Waals surface area contributed by atoms with Crippen molar-refractivity contribution in [1.29, 1.82) is 0 Å². The highest BCUT2D eigenvalue weighted by Crippen LogP contribution is 2.23. The maximum absolute atomic E-state index is 12.6. The summed E-state index contributed by atoms with van der Waals surface area (Å²) >= 11 is 6.82. The lowest BCUT2D eigenvalue weighted by Gasteiger charge is -2.22. The Kier molecular flexibility index (Phi) is 5.81. The number of amides is 2. The summed E-state index contributed by atoms with van der Waals surface area (Å²) in [6.07, 6.45) is 1.35. The molecule has 2 amide bonds. The Labute approximate surface area is 141 Å². The van der Waals surface area contributed by atoms with Crippen LogP contribution in [-0.4, -0.2) is 47.8 Å². The average molecular weight is 418 g/mol. The zero-order valence-corrected chi connectivity index (χ0v) is 15.1. The zero-order chi connectivity index (χ0) is 15.4. The number of carbonyl (C=O) groups excluding carboxylic acids is 2. The molecule has 6 heteroatoms. The van der Waals surface area contributed by atoms with Crippen LogP contribution in [0, 0.1) is 0 Å². The van der Waals surface area contributed by atoms with Crippen molar-refractivity contribution in [3.63, 3.8) is 0 Å². The molecule has 1 aliphatic heterocycles. The number of carbonyl (C=O) groups is 2. The zero-order valence-electron chi connectivity index (χ0n) is 11.9. The van der Waals surface area contributed by atoms with Gasteiger partial charge < -0.3 is 9.80 Å². The number of halogens is 2. The molecule has 0 N–H and O–H groups in total. The third-order valence-electron chi connectivity index (χ3n) is 3.60. The first-order valence-corrected chi connectivity index (χ1v) is 8.63. The minimum atomic E-state index is 0.0140. The lowest BCUT2D eigenvalue weighted by atomic mass is 10.2. The number of hydrogen-bond donors (Lipinski definition) is 0. The standard InChI is InChI=1S/C15H18Br2N2O2/c1-2-14(20)18-6-3-7-19(9-8-18)15(21)12-5-4-11(16)10-13(12)17/h4-5,10H,2-3,6-9H2,1H3. The molecule has 1 fully saturated rings. The molecule has 1 aromatic carbocycles. The van der Waals surface area contributed by atoms with Gasteiger partial charge in [-0.1, -0.05) is 22.9 Å². The maximum Gasteiger partial charge on any atom is 0.255 e. The largest absolute Gasteiger partial charge is 0.341 e. The Morgan fingerprint density at radius 2 is 1.76 bits per heavy atom. The smallest absolute Gasteiger partial charge is 0.255 e. The van der Waals surface area contributed by atoms with Crippen molar-refractivity contribution in [2.45, 2.75) is 19.8 Å². The van der Waals surface area contributed by atoms with Gasteiger partial charge in [0.25, 0.3) is 5.91 Å². The van der Waals surface area contributed by atoms with Gasteiger partial charge in [-0.05, 0) is 40.5 Å². The molecule has 0 aliphatic carbocycles. The lowest BCUT2D eigenvalue weighted by molar-refractivity contribution is -0.130. The molecule has 1 heterocycles. The highest BCUT2D eigenvalue weighted by Gasteiger charge is 2.23. The van der Waals surface area contributed by atoms with Crippen molar-refractivity contribution < 1.29 is 9.59 Å². The van der Waals surface area contributed by atoms with Crippen LogP contribution in [0.5, 0.6) is 0 Å². The second kappa shape index (κ2) is 7.40. The molecule has 1 saturated heterocycles. The third kappa shape index (κ3) is 4.07. The molecule has 2 rings (SSSR count). The molecular weight excluding hydrogens is 400 g/mol. The summed E-state index contributed by atoms with van der Waals surface area (Å²) in [7, 11) is 0. The Morgan fingerprint density at radius 1 is 1.10 bits per heavy atom. The molecule has 0 radical (unpaired) electrons. The molecule has 21 heavy (non-hydrogen) atoms. The summed E-state index contributed by atoms with van der Waals surface area (Å²) in [5.41, 5.74) is 0.661. The van der Waals surface area contributed by atoms with Gasteiger partial charge in [0.2, 0.25) is 5.91 Å². The van der Waals surface area contributed by atoms with Gasteiger partial charge in [0, 0.05) is 41.5 Å². The Balaban J connectivity index is 2.08. The normalized spacial score (nSPS) is 15.8. The summed E-state index contributed by atoms with van der Waals surface area (Å²) in [4.78, 5) is 28.1. The quantitative estimate of drug-likeness (QED) is 0.740. The Morgan fingerprint density at radius 3 is 2.43 bits per heavy atom. The Hall–Kier alpha value is -0.880. The van der Waals surface area contributed by atoms with Gasteiger partial charge in [-0.3, -0.25) is 9.59 Å². The minimum Gasteiger partial charge on any atom is -0.341 e. The molecule has 1 aromatic rings. The predicted molar refractivity (Wildman–Crippen MR) is 89.2 cm³/mol. The van der Waals surface area contributed by atoms with Gasteiger partial charge in [0.15, 0.2) is 0 Å². The van der Waals surface area contributed by atoms with E-state index in [2.05, 4.69) is 31.9 Å². The van der Waals surface area contributed by atoms with Crippen LogP contribution in [0.2, 0.25) is 0 Å². The van der Waals surface area contributed by atoms with Crippen molar-refractivity contribution in [2.24, 2.45) is 0 Å². The van der Waals surface area contributed by atoms with Crippen LogP contribution >= 0.6 is 31.9 Å². The fraction of sp³-hybridized carbons (Fsp3) is 0.467. The van der Waals surface area contributed by atoms with E-state index in [0.29, 0.717) is 31.6 Å². The van der Waals surface area contributed by atoms with E-state index in [1.807, 2.05) is 34.9 Å². The van der Waals surface area contributed by atoms with E-state index >= 15 is 0 Å². The summed E-state index contributed by atoms with van der Waals surface area (Å²) in [5.74, 6) is 0.175. The van der Waals surface area contributed by atoms with E-state index in [1.54, 1.807) is 0 Å².